The fourth-order valence-corrected chi connectivity index (χ4v) is 8.02. The number of carbonyl (C=O) groups is 1. The Morgan fingerprint density at radius 3 is 1.98 bits per heavy atom. The van der Waals surface area contributed by atoms with Crippen LogP contribution >= 0.6 is 0 Å². The molecule has 2 heterocycles. The SMILES string of the molecule is CCC(C(=O)NC1CCN(CCC(c2cc(F)cc(F)c2)C2CCN(S(C)(=O)=O)CC2)CC1)c1ccc(S(C)(=O)=O)cc1. The molecule has 0 spiro atoms. The van der Waals surface area contributed by atoms with E-state index in [-0.39, 0.29) is 34.6 Å². The molecule has 2 atom stereocenters. The van der Waals surface area contributed by atoms with Crippen molar-refractivity contribution in [2.75, 3.05) is 45.2 Å². The van der Waals surface area contributed by atoms with E-state index in [9.17, 15) is 30.4 Å². The molecular formula is C31H43F2N3O5S2. The van der Waals surface area contributed by atoms with Gasteiger partial charge in [-0.2, -0.15) is 0 Å². The number of halogens is 2. The minimum Gasteiger partial charge on any atom is -0.353 e. The molecule has 2 unspecified atom stereocenters. The summed E-state index contributed by atoms with van der Waals surface area (Å²) in [7, 11) is -6.58. The van der Waals surface area contributed by atoms with Gasteiger partial charge in [-0.05, 0) is 92.3 Å². The number of carbonyl (C=O) groups excluding carboxylic acids is 1. The lowest BCUT2D eigenvalue weighted by molar-refractivity contribution is -0.123. The molecule has 2 fully saturated rings. The summed E-state index contributed by atoms with van der Waals surface area (Å²) in [6.45, 7) is 5.04. The van der Waals surface area contributed by atoms with Crippen molar-refractivity contribution in [2.24, 2.45) is 5.92 Å². The molecule has 0 saturated carbocycles. The highest BCUT2D eigenvalue weighted by Gasteiger charge is 2.32. The van der Waals surface area contributed by atoms with E-state index in [1.807, 2.05) is 6.92 Å². The highest BCUT2D eigenvalue weighted by molar-refractivity contribution is 7.90. The second-order valence-electron chi connectivity index (χ2n) is 12.0. The predicted octanol–water partition coefficient (Wildman–Crippen LogP) is 4.29. The number of rotatable bonds is 11. The van der Waals surface area contributed by atoms with E-state index in [1.54, 1.807) is 24.3 Å². The average Bonchev–Trinajstić information content (AvgIpc) is 2.93. The highest BCUT2D eigenvalue weighted by Crippen LogP contribution is 2.37. The summed E-state index contributed by atoms with van der Waals surface area (Å²) in [6.07, 6.45) is 6.49. The smallest absolute Gasteiger partial charge is 0.227 e. The maximum Gasteiger partial charge on any atom is 0.227 e. The van der Waals surface area contributed by atoms with E-state index in [1.165, 1.54) is 22.7 Å². The van der Waals surface area contributed by atoms with E-state index in [0.717, 1.165) is 50.4 Å². The second-order valence-corrected chi connectivity index (χ2v) is 16.0. The average molecular weight is 640 g/mol. The molecule has 8 nitrogen and oxygen atoms in total. The Morgan fingerprint density at radius 1 is 0.884 bits per heavy atom. The van der Waals surface area contributed by atoms with Gasteiger partial charge in [-0.25, -0.2) is 29.9 Å². The number of hydrogen-bond acceptors (Lipinski definition) is 6. The summed E-state index contributed by atoms with van der Waals surface area (Å²) in [5, 5.41) is 3.18. The van der Waals surface area contributed by atoms with E-state index in [0.29, 0.717) is 44.3 Å². The molecule has 2 aromatic carbocycles. The topological polar surface area (TPSA) is 104 Å². The molecule has 12 heteroatoms. The predicted molar refractivity (Wildman–Crippen MR) is 163 cm³/mol. The molecule has 0 aliphatic carbocycles. The van der Waals surface area contributed by atoms with Gasteiger partial charge in [0.25, 0.3) is 0 Å². The zero-order valence-electron chi connectivity index (χ0n) is 25.1. The summed E-state index contributed by atoms with van der Waals surface area (Å²) in [6, 6.07) is 10.2. The van der Waals surface area contributed by atoms with Gasteiger partial charge in [0.2, 0.25) is 15.9 Å². The molecule has 2 saturated heterocycles. The summed E-state index contributed by atoms with van der Waals surface area (Å²) in [4.78, 5) is 15.7. The molecule has 0 aromatic heterocycles. The van der Waals surface area contributed by atoms with Crippen LogP contribution in [0, 0.1) is 17.6 Å². The molecule has 0 bridgehead atoms. The zero-order valence-corrected chi connectivity index (χ0v) is 26.8. The van der Waals surface area contributed by atoms with Crippen LogP contribution in [0.3, 0.4) is 0 Å². The number of amides is 1. The van der Waals surface area contributed by atoms with E-state index in [4.69, 9.17) is 0 Å². The first-order chi connectivity index (χ1) is 20.2. The Balaban J connectivity index is 1.33. The zero-order chi connectivity index (χ0) is 31.4. The Morgan fingerprint density at radius 2 is 1.47 bits per heavy atom. The minimum atomic E-state index is -3.31. The minimum absolute atomic E-state index is 0.0292. The molecule has 4 rings (SSSR count). The monoisotopic (exact) mass is 639 g/mol. The van der Waals surface area contributed by atoms with Gasteiger partial charge in [-0.1, -0.05) is 19.1 Å². The number of piperidine rings is 2. The first-order valence-corrected chi connectivity index (χ1v) is 18.7. The molecule has 0 radical (unpaired) electrons. The van der Waals surface area contributed by atoms with Gasteiger partial charge in [0, 0.05) is 44.5 Å². The Hall–Kier alpha value is -2.41. The van der Waals surface area contributed by atoms with Crippen molar-refractivity contribution in [3.63, 3.8) is 0 Å². The van der Waals surface area contributed by atoms with Crippen LogP contribution in [-0.2, 0) is 24.7 Å². The molecule has 1 N–H and O–H groups in total. The quantitative estimate of drug-likeness (QED) is 0.394. The standard InChI is InChI=1S/C31H43F2N3O5S2/c1-4-29(22-5-7-28(8-6-22)42(2,38)39)31(37)34-27-11-14-35(15-12-27)16-13-30(24-19-25(32)21-26(33)20-24)23-9-17-36(18-10-23)43(3,40)41/h5-8,19-21,23,27,29-30H,4,9-18H2,1-3H3,(H,34,37). The van der Waals surface area contributed by atoms with Gasteiger partial charge in [0.05, 0.1) is 17.1 Å². The third-order valence-corrected chi connectivity index (χ3v) is 11.4. The van der Waals surface area contributed by atoms with Crippen LogP contribution in [0.2, 0.25) is 0 Å². The fraction of sp³-hybridized carbons (Fsp3) is 0.581. The number of sulfonamides is 1. The van der Waals surface area contributed by atoms with Gasteiger partial charge < -0.3 is 10.2 Å². The third kappa shape index (κ3) is 9.06. The summed E-state index contributed by atoms with van der Waals surface area (Å²) in [5.41, 5.74) is 1.40. The van der Waals surface area contributed by atoms with Crippen molar-refractivity contribution in [3.8, 4) is 0 Å². The molecule has 1 amide bonds. The van der Waals surface area contributed by atoms with Gasteiger partial charge in [0.15, 0.2) is 9.84 Å². The van der Waals surface area contributed by atoms with Gasteiger partial charge >= 0.3 is 0 Å². The number of nitrogens with zero attached hydrogens (tertiary/aromatic N) is 2. The van der Waals surface area contributed by atoms with Crippen LogP contribution < -0.4 is 5.32 Å². The van der Waals surface area contributed by atoms with Gasteiger partial charge in [0.1, 0.15) is 11.6 Å². The Bertz CT molecular complexity index is 1450. The van der Waals surface area contributed by atoms with E-state index < -0.39 is 31.5 Å². The van der Waals surface area contributed by atoms with Crippen molar-refractivity contribution in [1.29, 1.82) is 0 Å². The van der Waals surface area contributed by atoms with Crippen molar-refractivity contribution < 1.29 is 30.4 Å². The van der Waals surface area contributed by atoms with Gasteiger partial charge in [-0.15, -0.1) is 0 Å². The Labute approximate surface area is 254 Å². The van der Waals surface area contributed by atoms with Crippen LogP contribution in [-0.4, -0.2) is 83.2 Å². The first-order valence-electron chi connectivity index (χ1n) is 15.0. The van der Waals surface area contributed by atoms with Crippen molar-refractivity contribution >= 4 is 25.8 Å². The third-order valence-electron chi connectivity index (χ3n) is 8.98. The van der Waals surface area contributed by atoms with Gasteiger partial charge in [-0.3, -0.25) is 4.79 Å². The lowest BCUT2D eigenvalue weighted by Crippen LogP contribution is -2.46. The van der Waals surface area contributed by atoms with E-state index >= 15 is 0 Å². The van der Waals surface area contributed by atoms with Crippen LogP contribution in [0.4, 0.5) is 8.78 Å². The molecule has 43 heavy (non-hydrogen) atoms. The first kappa shape index (κ1) is 33.5. The van der Waals surface area contributed by atoms with Crippen molar-refractivity contribution in [3.05, 3.63) is 65.2 Å². The van der Waals surface area contributed by atoms with E-state index in [2.05, 4.69) is 10.2 Å². The summed E-state index contributed by atoms with van der Waals surface area (Å²) in [5.74, 6) is -1.63. The van der Waals surface area contributed by atoms with Crippen LogP contribution in [0.5, 0.6) is 0 Å². The maximum atomic E-state index is 14.2. The van der Waals surface area contributed by atoms with Crippen LogP contribution in [0.25, 0.3) is 0 Å². The number of nitrogens with one attached hydrogen (secondary N) is 1. The molecule has 2 aliphatic heterocycles. The maximum absolute atomic E-state index is 14.2. The molecular weight excluding hydrogens is 596 g/mol. The number of sulfone groups is 1. The number of likely N-dealkylation sites (tertiary alicyclic amines) is 1. The number of hydrogen-bond donors (Lipinski definition) is 1. The summed E-state index contributed by atoms with van der Waals surface area (Å²) >= 11 is 0. The Kier molecular flexibility index (Phi) is 11.0. The summed E-state index contributed by atoms with van der Waals surface area (Å²) < 4.78 is 77.4. The lowest BCUT2D eigenvalue weighted by atomic mass is 9.78. The molecule has 2 aromatic rings. The molecule has 238 valence electrons. The van der Waals surface area contributed by atoms with Crippen LogP contribution in [0.15, 0.2) is 47.4 Å². The molecule has 2 aliphatic rings. The largest absolute Gasteiger partial charge is 0.353 e. The fourth-order valence-electron chi connectivity index (χ4n) is 6.52. The number of benzene rings is 2. The van der Waals surface area contributed by atoms with Crippen molar-refractivity contribution in [2.45, 2.75) is 68.2 Å². The lowest BCUT2D eigenvalue weighted by Gasteiger charge is -2.37. The van der Waals surface area contributed by atoms with Crippen molar-refractivity contribution in [1.82, 2.24) is 14.5 Å². The highest BCUT2D eigenvalue weighted by atomic mass is 32.2. The normalized spacial score (nSPS) is 19.7. The second kappa shape index (κ2) is 14.1. The van der Waals surface area contributed by atoms with Crippen LogP contribution in [0.1, 0.15) is 68.4 Å².